The van der Waals surface area contributed by atoms with E-state index in [4.69, 9.17) is 0 Å². The molecule has 20 heavy (non-hydrogen) atoms. The van der Waals surface area contributed by atoms with Gasteiger partial charge in [0.2, 0.25) is 0 Å². The molecule has 2 unspecified atom stereocenters. The van der Waals surface area contributed by atoms with Crippen molar-refractivity contribution in [1.82, 2.24) is 0 Å². The largest absolute Gasteiger partial charge is 0.465 e. The lowest BCUT2D eigenvalue weighted by Gasteiger charge is -2.18. The summed E-state index contributed by atoms with van der Waals surface area (Å²) in [5, 5.41) is 19.4. The summed E-state index contributed by atoms with van der Waals surface area (Å²) in [4.78, 5) is 22.6. The van der Waals surface area contributed by atoms with Crippen LogP contribution in [0.25, 0.3) is 0 Å². The highest BCUT2D eigenvalue weighted by molar-refractivity contribution is 5.90. The van der Waals surface area contributed by atoms with Crippen LogP contribution in [-0.4, -0.2) is 42.0 Å². The number of benzene rings is 1. The van der Waals surface area contributed by atoms with E-state index in [-0.39, 0.29) is 6.61 Å². The molecule has 0 amide bonds. The van der Waals surface area contributed by atoms with Crippen molar-refractivity contribution in [2.45, 2.75) is 19.1 Å². The van der Waals surface area contributed by atoms with Crippen molar-refractivity contribution in [2.75, 3.05) is 13.7 Å². The molecule has 0 fully saturated rings. The van der Waals surface area contributed by atoms with Gasteiger partial charge in [0.15, 0.2) is 6.10 Å². The van der Waals surface area contributed by atoms with E-state index >= 15 is 0 Å². The molecular formula is C13H15FO6. The first-order chi connectivity index (χ1) is 9.43. The Morgan fingerprint density at radius 3 is 2.55 bits per heavy atom. The maximum Gasteiger partial charge on any atom is 0.340 e. The van der Waals surface area contributed by atoms with Gasteiger partial charge < -0.3 is 19.7 Å². The van der Waals surface area contributed by atoms with Crippen LogP contribution in [0.2, 0.25) is 0 Å². The average molecular weight is 286 g/mol. The van der Waals surface area contributed by atoms with Crippen LogP contribution in [0.15, 0.2) is 18.2 Å². The quantitative estimate of drug-likeness (QED) is 0.769. The Kier molecular flexibility index (Phi) is 5.60. The maximum atomic E-state index is 14.0. The maximum absolute atomic E-state index is 14.0. The van der Waals surface area contributed by atoms with E-state index in [0.29, 0.717) is 0 Å². The summed E-state index contributed by atoms with van der Waals surface area (Å²) >= 11 is 0. The fourth-order valence-electron chi connectivity index (χ4n) is 1.57. The SMILES string of the molecule is CCOC(=O)C(O)C(O)c1cccc(C(=O)OC)c1F. The molecule has 110 valence electrons. The van der Waals surface area contributed by atoms with Gasteiger partial charge in [-0.3, -0.25) is 0 Å². The Morgan fingerprint density at radius 1 is 1.35 bits per heavy atom. The third kappa shape index (κ3) is 3.31. The van der Waals surface area contributed by atoms with E-state index in [1.54, 1.807) is 0 Å². The lowest BCUT2D eigenvalue weighted by atomic mass is 10.0. The molecule has 6 nitrogen and oxygen atoms in total. The standard InChI is InChI=1S/C13H15FO6/c1-3-20-13(18)11(16)10(15)7-5-4-6-8(9(7)14)12(17)19-2/h4-6,10-11,15-16H,3H2,1-2H3. The Hall–Kier alpha value is -1.99. The average Bonchev–Trinajstić information content (AvgIpc) is 2.45. The minimum Gasteiger partial charge on any atom is -0.465 e. The summed E-state index contributed by atoms with van der Waals surface area (Å²) in [5.74, 6) is -3.07. The van der Waals surface area contributed by atoms with Gasteiger partial charge in [0.1, 0.15) is 11.9 Å². The zero-order chi connectivity index (χ0) is 15.3. The Morgan fingerprint density at radius 2 is 2.00 bits per heavy atom. The van der Waals surface area contributed by atoms with Crippen LogP contribution in [0.3, 0.4) is 0 Å². The van der Waals surface area contributed by atoms with Gasteiger partial charge in [0.25, 0.3) is 0 Å². The summed E-state index contributed by atoms with van der Waals surface area (Å²) < 4.78 is 23.0. The van der Waals surface area contributed by atoms with Gasteiger partial charge >= 0.3 is 11.9 Å². The number of esters is 2. The molecule has 0 saturated heterocycles. The summed E-state index contributed by atoms with van der Waals surface area (Å²) in [6, 6.07) is 3.61. The van der Waals surface area contributed by atoms with E-state index in [1.807, 2.05) is 0 Å². The number of hydrogen-bond acceptors (Lipinski definition) is 6. The van der Waals surface area contributed by atoms with Crippen molar-refractivity contribution < 1.29 is 33.7 Å². The molecule has 2 atom stereocenters. The number of ether oxygens (including phenoxy) is 2. The van der Waals surface area contributed by atoms with Crippen LogP contribution < -0.4 is 0 Å². The molecular weight excluding hydrogens is 271 g/mol. The number of methoxy groups -OCH3 is 1. The van der Waals surface area contributed by atoms with Crippen LogP contribution in [0, 0.1) is 5.82 Å². The molecule has 0 spiro atoms. The second-order valence-corrected chi connectivity index (χ2v) is 3.84. The third-order valence-corrected chi connectivity index (χ3v) is 2.58. The zero-order valence-electron chi connectivity index (χ0n) is 11.0. The molecule has 0 aliphatic rings. The second kappa shape index (κ2) is 6.97. The van der Waals surface area contributed by atoms with Crippen molar-refractivity contribution in [1.29, 1.82) is 0 Å². The van der Waals surface area contributed by atoms with E-state index in [2.05, 4.69) is 9.47 Å². The first-order valence-corrected chi connectivity index (χ1v) is 5.83. The number of carbonyl (C=O) groups excluding carboxylic acids is 2. The normalized spacial score (nSPS) is 13.4. The first kappa shape index (κ1) is 16.1. The number of hydrogen-bond donors (Lipinski definition) is 2. The van der Waals surface area contributed by atoms with Gasteiger partial charge in [0.05, 0.1) is 19.3 Å². The molecule has 0 heterocycles. The number of aliphatic hydroxyl groups is 2. The Balaban J connectivity index is 3.07. The summed E-state index contributed by atoms with van der Waals surface area (Å²) in [6.45, 7) is 1.53. The van der Waals surface area contributed by atoms with Crippen molar-refractivity contribution in [3.63, 3.8) is 0 Å². The molecule has 0 aromatic heterocycles. The van der Waals surface area contributed by atoms with Crippen LogP contribution >= 0.6 is 0 Å². The smallest absolute Gasteiger partial charge is 0.340 e. The van der Waals surface area contributed by atoms with Gasteiger partial charge in [-0.2, -0.15) is 0 Å². The monoisotopic (exact) mass is 286 g/mol. The molecule has 0 aliphatic heterocycles. The van der Waals surface area contributed by atoms with Crippen molar-refractivity contribution in [3.05, 3.63) is 35.1 Å². The van der Waals surface area contributed by atoms with Crippen molar-refractivity contribution >= 4 is 11.9 Å². The lowest BCUT2D eigenvalue weighted by Crippen LogP contribution is -2.30. The van der Waals surface area contributed by atoms with Crippen LogP contribution in [0.4, 0.5) is 4.39 Å². The van der Waals surface area contributed by atoms with Gasteiger partial charge in [-0.15, -0.1) is 0 Å². The molecule has 0 radical (unpaired) electrons. The van der Waals surface area contributed by atoms with Gasteiger partial charge in [-0.05, 0) is 13.0 Å². The van der Waals surface area contributed by atoms with Crippen molar-refractivity contribution in [2.24, 2.45) is 0 Å². The van der Waals surface area contributed by atoms with E-state index in [0.717, 1.165) is 19.2 Å². The number of rotatable bonds is 5. The number of carbonyl (C=O) groups is 2. The summed E-state index contributed by atoms with van der Waals surface area (Å²) in [6.07, 6.45) is -3.80. The predicted octanol–water partition coefficient (Wildman–Crippen LogP) is 0.570. The predicted molar refractivity (Wildman–Crippen MR) is 65.3 cm³/mol. The highest BCUT2D eigenvalue weighted by Crippen LogP contribution is 2.23. The van der Waals surface area contributed by atoms with E-state index in [9.17, 15) is 24.2 Å². The molecule has 1 aromatic rings. The first-order valence-electron chi connectivity index (χ1n) is 5.83. The second-order valence-electron chi connectivity index (χ2n) is 3.84. The number of halogens is 1. The molecule has 1 aromatic carbocycles. The highest BCUT2D eigenvalue weighted by Gasteiger charge is 2.30. The fraction of sp³-hybridized carbons (Fsp3) is 0.385. The van der Waals surface area contributed by atoms with E-state index in [1.165, 1.54) is 13.0 Å². The topological polar surface area (TPSA) is 93.1 Å². The molecule has 0 aliphatic carbocycles. The lowest BCUT2D eigenvalue weighted by molar-refractivity contribution is -0.159. The minimum absolute atomic E-state index is 0.00724. The molecule has 2 N–H and O–H groups in total. The van der Waals surface area contributed by atoms with E-state index < -0.39 is 41.1 Å². The van der Waals surface area contributed by atoms with Gasteiger partial charge in [0, 0.05) is 5.56 Å². The van der Waals surface area contributed by atoms with Crippen LogP contribution in [0.5, 0.6) is 0 Å². The zero-order valence-corrected chi connectivity index (χ0v) is 11.0. The van der Waals surface area contributed by atoms with Crippen LogP contribution in [0.1, 0.15) is 28.9 Å². The third-order valence-electron chi connectivity index (χ3n) is 2.58. The van der Waals surface area contributed by atoms with Crippen molar-refractivity contribution in [3.8, 4) is 0 Å². The Labute approximate surface area is 114 Å². The van der Waals surface area contributed by atoms with Crippen LogP contribution in [-0.2, 0) is 14.3 Å². The molecule has 7 heteroatoms. The summed E-state index contributed by atoms with van der Waals surface area (Å²) in [7, 11) is 1.08. The molecule has 1 rings (SSSR count). The summed E-state index contributed by atoms with van der Waals surface area (Å²) in [5.41, 5.74) is -0.798. The molecule has 0 saturated carbocycles. The Bertz CT molecular complexity index is 502. The minimum atomic E-state index is -1.95. The highest BCUT2D eigenvalue weighted by atomic mass is 19.1. The van der Waals surface area contributed by atoms with Gasteiger partial charge in [-0.1, -0.05) is 12.1 Å². The molecule has 0 bridgehead atoms. The number of aliphatic hydroxyl groups excluding tert-OH is 2. The van der Waals surface area contributed by atoms with Gasteiger partial charge in [-0.25, -0.2) is 14.0 Å². The fourth-order valence-corrected chi connectivity index (χ4v) is 1.57.